The predicted molar refractivity (Wildman–Crippen MR) is 128 cm³/mol. The topological polar surface area (TPSA) is 69.9 Å². The number of piperidine rings is 1. The van der Waals surface area contributed by atoms with Gasteiger partial charge in [0.05, 0.1) is 12.5 Å². The van der Waals surface area contributed by atoms with Crippen LogP contribution in [0.2, 0.25) is 0 Å². The Labute approximate surface area is 200 Å². The molecule has 0 saturated carbocycles. The molecule has 7 nitrogen and oxygen atoms in total. The number of amides is 3. The van der Waals surface area contributed by atoms with Crippen LogP contribution in [0.4, 0.5) is 4.79 Å². The average molecular weight is 459 g/mol. The first-order chi connectivity index (χ1) is 16.7. The molecule has 0 bridgehead atoms. The van der Waals surface area contributed by atoms with Gasteiger partial charge in [-0.05, 0) is 48.9 Å². The Morgan fingerprint density at radius 2 is 1.71 bits per heavy atom. The van der Waals surface area contributed by atoms with Crippen molar-refractivity contribution in [1.82, 2.24) is 19.7 Å². The van der Waals surface area contributed by atoms with E-state index in [1.165, 1.54) is 4.90 Å². The Balaban J connectivity index is 1.32. The summed E-state index contributed by atoms with van der Waals surface area (Å²) in [5, 5.41) is 0. The Kier molecular flexibility index (Phi) is 6.45. The molecule has 3 aromatic rings. The summed E-state index contributed by atoms with van der Waals surface area (Å²) in [6, 6.07) is 15.7. The normalized spacial score (nSPS) is 18.2. The van der Waals surface area contributed by atoms with Crippen molar-refractivity contribution in [3.8, 4) is 0 Å². The van der Waals surface area contributed by atoms with E-state index in [9.17, 15) is 9.59 Å². The number of imide groups is 1. The van der Waals surface area contributed by atoms with Gasteiger partial charge >= 0.3 is 6.03 Å². The Morgan fingerprint density at radius 1 is 0.912 bits per heavy atom. The lowest BCUT2D eigenvalue weighted by Gasteiger charge is -2.42. The Hall–Kier alpha value is -3.45. The zero-order valence-corrected chi connectivity index (χ0v) is 19.3. The van der Waals surface area contributed by atoms with E-state index >= 15 is 0 Å². The van der Waals surface area contributed by atoms with Crippen molar-refractivity contribution in [3.63, 3.8) is 0 Å². The molecule has 5 rings (SSSR count). The molecular formula is C27H30N4O3. The number of aromatic nitrogens is 1. The number of likely N-dealkylation sites (tertiary alicyclic amines) is 1. The lowest BCUT2D eigenvalue weighted by atomic mass is 9.85. The zero-order chi connectivity index (χ0) is 23.4. The minimum absolute atomic E-state index is 0.0393. The van der Waals surface area contributed by atoms with Crippen LogP contribution in [0, 0.1) is 0 Å². The van der Waals surface area contributed by atoms with Gasteiger partial charge in [-0.1, -0.05) is 36.4 Å². The highest BCUT2D eigenvalue weighted by Crippen LogP contribution is 2.39. The number of furan rings is 1. The predicted octanol–water partition coefficient (Wildman–Crippen LogP) is 4.11. The average Bonchev–Trinajstić information content (AvgIpc) is 3.45. The molecule has 2 aromatic heterocycles. The molecule has 3 amide bonds. The number of urea groups is 1. The fourth-order valence-corrected chi connectivity index (χ4v) is 5.16. The molecule has 0 atom stereocenters. The molecule has 1 spiro atoms. The van der Waals surface area contributed by atoms with Gasteiger partial charge in [-0.15, -0.1) is 0 Å². The van der Waals surface area contributed by atoms with E-state index in [1.807, 2.05) is 59.6 Å². The molecule has 2 aliphatic rings. The standard InChI is InChI=1S/C27H30N4O3/c32-25-27(11-15-29(16-12-27)19-24-10-17-34-21-24)31(20-23-6-2-1-3-7-23)26(33)30(25)14-5-9-22-8-4-13-28-18-22/h1-4,6-8,10,13,17-18,21H,5,9,11-12,14-16,19-20H2. The molecule has 0 unspecified atom stereocenters. The number of carbonyl (C=O) groups excluding carboxylic acids is 2. The van der Waals surface area contributed by atoms with Crippen molar-refractivity contribution in [3.05, 3.63) is 90.1 Å². The number of hydrogen-bond acceptors (Lipinski definition) is 5. The lowest BCUT2D eigenvalue weighted by Crippen LogP contribution is -2.56. The van der Waals surface area contributed by atoms with Crippen LogP contribution in [-0.2, 0) is 24.3 Å². The molecule has 2 saturated heterocycles. The van der Waals surface area contributed by atoms with E-state index in [0.717, 1.165) is 49.2 Å². The van der Waals surface area contributed by atoms with Gasteiger partial charge in [0.25, 0.3) is 5.91 Å². The molecule has 0 radical (unpaired) electrons. The van der Waals surface area contributed by atoms with Crippen LogP contribution >= 0.6 is 0 Å². The third kappa shape index (κ3) is 4.48. The maximum absolute atomic E-state index is 13.8. The van der Waals surface area contributed by atoms with Gasteiger partial charge in [-0.25, -0.2) is 4.79 Å². The smallest absolute Gasteiger partial charge is 0.327 e. The van der Waals surface area contributed by atoms with Crippen molar-refractivity contribution in [2.45, 2.75) is 44.3 Å². The second-order valence-electron chi connectivity index (χ2n) is 9.22. The number of aryl methyl sites for hydroxylation is 1. The summed E-state index contributed by atoms with van der Waals surface area (Å²) < 4.78 is 5.20. The van der Waals surface area contributed by atoms with Gasteiger partial charge < -0.3 is 9.32 Å². The molecular weight excluding hydrogens is 428 g/mol. The second kappa shape index (κ2) is 9.81. The van der Waals surface area contributed by atoms with E-state index in [4.69, 9.17) is 4.42 Å². The van der Waals surface area contributed by atoms with E-state index in [1.54, 1.807) is 18.7 Å². The minimum Gasteiger partial charge on any atom is -0.472 e. The highest BCUT2D eigenvalue weighted by Gasteiger charge is 2.57. The van der Waals surface area contributed by atoms with Crippen LogP contribution < -0.4 is 0 Å². The molecule has 176 valence electrons. The third-order valence-corrected chi connectivity index (χ3v) is 7.04. The van der Waals surface area contributed by atoms with Gasteiger partial charge in [-0.3, -0.25) is 19.6 Å². The summed E-state index contributed by atoms with van der Waals surface area (Å²) in [7, 11) is 0. The van der Waals surface area contributed by atoms with Crippen LogP contribution in [-0.4, -0.2) is 56.8 Å². The molecule has 34 heavy (non-hydrogen) atoms. The van der Waals surface area contributed by atoms with Crippen molar-refractivity contribution >= 4 is 11.9 Å². The molecule has 4 heterocycles. The van der Waals surface area contributed by atoms with Crippen molar-refractivity contribution in [2.24, 2.45) is 0 Å². The molecule has 2 fully saturated rings. The van der Waals surface area contributed by atoms with Gasteiger partial charge in [-0.2, -0.15) is 0 Å². The van der Waals surface area contributed by atoms with Crippen molar-refractivity contribution in [2.75, 3.05) is 19.6 Å². The van der Waals surface area contributed by atoms with Gasteiger partial charge in [0, 0.05) is 50.7 Å². The van der Waals surface area contributed by atoms with Crippen LogP contribution in [0.15, 0.2) is 77.9 Å². The Bertz CT molecular complexity index is 1090. The maximum Gasteiger partial charge on any atom is 0.327 e. The quantitative estimate of drug-likeness (QED) is 0.475. The highest BCUT2D eigenvalue weighted by atomic mass is 16.3. The largest absolute Gasteiger partial charge is 0.472 e. The van der Waals surface area contributed by atoms with E-state index < -0.39 is 5.54 Å². The SMILES string of the molecule is O=C1N(CCCc2cccnc2)C(=O)C2(CCN(Cc3ccoc3)CC2)N1Cc1ccccc1. The fourth-order valence-electron chi connectivity index (χ4n) is 5.16. The first-order valence-corrected chi connectivity index (χ1v) is 12.0. The molecule has 7 heteroatoms. The molecule has 2 aliphatic heterocycles. The summed E-state index contributed by atoms with van der Waals surface area (Å²) in [6.07, 6.45) is 9.84. The maximum atomic E-state index is 13.8. The highest BCUT2D eigenvalue weighted by molar-refractivity contribution is 6.07. The van der Waals surface area contributed by atoms with E-state index in [-0.39, 0.29) is 11.9 Å². The van der Waals surface area contributed by atoms with E-state index in [0.29, 0.717) is 25.9 Å². The van der Waals surface area contributed by atoms with Gasteiger partial charge in [0.15, 0.2) is 0 Å². The number of rotatable bonds is 8. The first kappa shape index (κ1) is 22.3. The number of nitrogens with zero attached hydrogens (tertiary/aromatic N) is 4. The third-order valence-electron chi connectivity index (χ3n) is 7.04. The van der Waals surface area contributed by atoms with Crippen LogP contribution in [0.1, 0.15) is 36.0 Å². The molecule has 0 N–H and O–H groups in total. The van der Waals surface area contributed by atoms with E-state index in [2.05, 4.69) is 9.88 Å². The molecule has 1 aromatic carbocycles. The summed E-state index contributed by atoms with van der Waals surface area (Å²) in [4.78, 5) is 37.2. The van der Waals surface area contributed by atoms with Crippen LogP contribution in [0.3, 0.4) is 0 Å². The summed E-state index contributed by atoms with van der Waals surface area (Å²) in [6.45, 7) is 3.20. The zero-order valence-electron chi connectivity index (χ0n) is 19.3. The number of hydrogen-bond donors (Lipinski definition) is 0. The fraction of sp³-hybridized carbons (Fsp3) is 0.370. The minimum atomic E-state index is -0.770. The first-order valence-electron chi connectivity index (χ1n) is 12.0. The monoisotopic (exact) mass is 458 g/mol. The van der Waals surface area contributed by atoms with Crippen molar-refractivity contribution < 1.29 is 14.0 Å². The number of pyridine rings is 1. The van der Waals surface area contributed by atoms with Crippen LogP contribution in [0.5, 0.6) is 0 Å². The second-order valence-corrected chi connectivity index (χ2v) is 9.22. The van der Waals surface area contributed by atoms with Crippen LogP contribution in [0.25, 0.3) is 0 Å². The molecule has 0 aliphatic carbocycles. The summed E-state index contributed by atoms with van der Waals surface area (Å²) >= 11 is 0. The number of carbonyl (C=O) groups is 2. The van der Waals surface area contributed by atoms with Gasteiger partial charge in [0.2, 0.25) is 0 Å². The lowest BCUT2D eigenvalue weighted by molar-refractivity contribution is -0.136. The van der Waals surface area contributed by atoms with Crippen molar-refractivity contribution in [1.29, 1.82) is 0 Å². The Morgan fingerprint density at radius 3 is 2.41 bits per heavy atom. The summed E-state index contributed by atoms with van der Waals surface area (Å²) in [5.41, 5.74) is 2.52. The van der Waals surface area contributed by atoms with Gasteiger partial charge in [0.1, 0.15) is 5.54 Å². The number of benzene rings is 1. The summed E-state index contributed by atoms with van der Waals surface area (Å²) in [5.74, 6) is -0.0393.